The molecule has 154 valence electrons. The molecule has 0 saturated heterocycles. The maximum absolute atomic E-state index is 12.6. The average molecular weight is 457 g/mol. The number of hydrogen-bond acceptors (Lipinski definition) is 5. The molecule has 0 aliphatic carbocycles. The van der Waals surface area contributed by atoms with E-state index in [0.29, 0.717) is 11.1 Å². The number of carbonyl (C=O) groups excluding carboxylic acids is 1. The first-order chi connectivity index (χ1) is 13.5. The molecule has 0 saturated carbocycles. The molecule has 6 nitrogen and oxygen atoms in total. The molecule has 0 aliphatic heterocycles. The van der Waals surface area contributed by atoms with E-state index in [9.17, 15) is 23.1 Å². The summed E-state index contributed by atoms with van der Waals surface area (Å²) in [6.07, 6.45) is 0.468. The summed E-state index contributed by atoms with van der Waals surface area (Å²) in [7, 11) is -3.43. The number of carboxylic acids is 1. The van der Waals surface area contributed by atoms with Crippen LogP contribution in [0.2, 0.25) is 10.0 Å². The van der Waals surface area contributed by atoms with Crippen LogP contribution in [0.25, 0.3) is 5.57 Å². The molecule has 0 radical (unpaired) electrons. The molecule has 0 fully saturated rings. The highest BCUT2D eigenvalue weighted by Crippen LogP contribution is 2.33. The number of carbonyl (C=O) groups is 2. The van der Waals surface area contributed by atoms with E-state index in [1.54, 1.807) is 6.92 Å². The molecule has 0 atom stereocenters. The zero-order chi connectivity index (χ0) is 21.8. The molecule has 0 aliphatic rings. The van der Waals surface area contributed by atoms with Crippen LogP contribution in [0.15, 0.2) is 52.9 Å². The van der Waals surface area contributed by atoms with Crippen LogP contribution in [0.5, 0.6) is 0 Å². The zero-order valence-electron chi connectivity index (χ0n) is 15.6. The minimum Gasteiger partial charge on any atom is -0.481 e. The Hall–Kier alpha value is -2.35. The lowest BCUT2D eigenvalue weighted by Gasteiger charge is -2.16. The van der Waals surface area contributed by atoms with Crippen LogP contribution >= 0.6 is 23.2 Å². The van der Waals surface area contributed by atoms with Gasteiger partial charge in [0.1, 0.15) is 0 Å². The van der Waals surface area contributed by atoms with Crippen molar-refractivity contribution in [1.29, 1.82) is 0 Å². The molecule has 1 N–H and O–H groups in total. The first-order valence-electron chi connectivity index (χ1n) is 8.42. The lowest BCUT2D eigenvalue weighted by Crippen LogP contribution is -2.14. The number of benzene rings is 2. The fourth-order valence-corrected chi connectivity index (χ4v) is 3.87. The highest BCUT2D eigenvalue weighted by molar-refractivity contribution is 7.90. The van der Waals surface area contributed by atoms with Gasteiger partial charge in [-0.1, -0.05) is 35.3 Å². The second-order valence-electron chi connectivity index (χ2n) is 6.10. The predicted octanol–water partition coefficient (Wildman–Crippen LogP) is 4.24. The number of rotatable bonds is 7. The Morgan fingerprint density at radius 3 is 2.00 bits per heavy atom. The number of aliphatic carboxylic acids is 1. The van der Waals surface area contributed by atoms with Crippen molar-refractivity contribution in [3.63, 3.8) is 0 Å². The molecule has 0 bridgehead atoms. The van der Waals surface area contributed by atoms with Gasteiger partial charge in [-0.05, 0) is 48.4 Å². The summed E-state index contributed by atoms with van der Waals surface area (Å²) in [6, 6.07) is 10.3. The summed E-state index contributed by atoms with van der Waals surface area (Å²) in [4.78, 5) is 24.1. The van der Waals surface area contributed by atoms with Gasteiger partial charge in [0.2, 0.25) is 0 Å². The predicted molar refractivity (Wildman–Crippen MR) is 111 cm³/mol. The molecule has 0 heterocycles. The van der Waals surface area contributed by atoms with Crippen LogP contribution in [0.1, 0.15) is 24.5 Å². The molecule has 0 spiro atoms. The number of sulfone groups is 1. The van der Waals surface area contributed by atoms with Crippen LogP contribution in [0.3, 0.4) is 0 Å². The largest absolute Gasteiger partial charge is 0.481 e. The zero-order valence-corrected chi connectivity index (χ0v) is 17.9. The number of ether oxygens (including phenoxy) is 1. The third-order valence-electron chi connectivity index (χ3n) is 3.87. The fourth-order valence-electron chi connectivity index (χ4n) is 2.71. The van der Waals surface area contributed by atoms with Crippen LogP contribution in [-0.4, -0.2) is 38.3 Å². The summed E-state index contributed by atoms with van der Waals surface area (Å²) < 4.78 is 28.5. The molecule has 2 aromatic rings. The maximum Gasteiger partial charge on any atom is 0.335 e. The van der Waals surface area contributed by atoms with Crippen LogP contribution < -0.4 is 0 Å². The van der Waals surface area contributed by atoms with E-state index in [0.717, 1.165) is 6.26 Å². The van der Waals surface area contributed by atoms with E-state index in [4.69, 9.17) is 27.9 Å². The van der Waals surface area contributed by atoms with Crippen molar-refractivity contribution in [2.75, 3.05) is 12.9 Å². The van der Waals surface area contributed by atoms with Gasteiger partial charge in [0, 0.05) is 21.9 Å². The maximum atomic E-state index is 12.6. The van der Waals surface area contributed by atoms with E-state index in [1.807, 2.05) is 0 Å². The van der Waals surface area contributed by atoms with Gasteiger partial charge in [0.05, 0.1) is 23.5 Å². The van der Waals surface area contributed by atoms with Crippen LogP contribution in [0, 0.1) is 0 Å². The second kappa shape index (κ2) is 9.43. The quantitative estimate of drug-likeness (QED) is 0.494. The molecular weight excluding hydrogens is 439 g/mol. The molecule has 2 aromatic carbocycles. The number of carboxylic acid groups (broad SMARTS) is 1. The SMILES string of the molecule is CCOC(=O)/C(CC(=O)O)=C(/c1ccc(S(C)(=O)=O)cc1)c1cc(Cl)cc(Cl)c1. The van der Waals surface area contributed by atoms with E-state index in [-0.39, 0.29) is 32.7 Å². The Kier molecular flexibility index (Phi) is 7.46. The highest BCUT2D eigenvalue weighted by Gasteiger charge is 2.23. The number of halogens is 2. The average Bonchev–Trinajstić information content (AvgIpc) is 2.60. The van der Waals surface area contributed by atoms with Gasteiger partial charge < -0.3 is 9.84 Å². The second-order valence-corrected chi connectivity index (χ2v) is 8.99. The Morgan fingerprint density at radius 2 is 1.55 bits per heavy atom. The fraction of sp³-hybridized carbons (Fsp3) is 0.200. The monoisotopic (exact) mass is 456 g/mol. The molecule has 9 heteroatoms. The third-order valence-corrected chi connectivity index (χ3v) is 5.44. The van der Waals surface area contributed by atoms with Crippen molar-refractivity contribution in [2.24, 2.45) is 0 Å². The molecule has 2 rings (SSSR count). The van der Waals surface area contributed by atoms with E-state index in [2.05, 4.69) is 0 Å². The Labute approximate surface area is 178 Å². The van der Waals surface area contributed by atoms with E-state index >= 15 is 0 Å². The Morgan fingerprint density at radius 1 is 1.00 bits per heavy atom. The van der Waals surface area contributed by atoms with Crippen molar-refractivity contribution < 1.29 is 27.9 Å². The van der Waals surface area contributed by atoms with Crippen molar-refractivity contribution >= 4 is 50.6 Å². The summed E-state index contributed by atoms with van der Waals surface area (Å²) in [6.45, 7) is 1.66. The van der Waals surface area contributed by atoms with Gasteiger partial charge in [-0.25, -0.2) is 13.2 Å². The van der Waals surface area contributed by atoms with Crippen molar-refractivity contribution in [1.82, 2.24) is 0 Å². The third kappa shape index (κ3) is 6.06. The first-order valence-corrected chi connectivity index (χ1v) is 11.1. The topological polar surface area (TPSA) is 97.7 Å². The Balaban J connectivity index is 2.82. The molecule has 0 amide bonds. The van der Waals surface area contributed by atoms with Gasteiger partial charge in [-0.3, -0.25) is 4.79 Å². The molecule has 29 heavy (non-hydrogen) atoms. The number of hydrogen-bond donors (Lipinski definition) is 1. The highest BCUT2D eigenvalue weighted by atomic mass is 35.5. The summed E-state index contributed by atoms with van der Waals surface area (Å²) >= 11 is 12.2. The van der Waals surface area contributed by atoms with Crippen molar-refractivity contribution in [2.45, 2.75) is 18.2 Å². The summed E-state index contributed by atoms with van der Waals surface area (Å²) in [5, 5.41) is 9.91. The minimum absolute atomic E-state index is 0.0541. The van der Waals surface area contributed by atoms with Gasteiger partial charge in [0.15, 0.2) is 9.84 Å². The minimum atomic E-state index is -3.43. The van der Waals surface area contributed by atoms with Crippen molar-refractivity contribution in [3.05, 3.63) is 69.2 Å². The lowest BCUT2D eigenvalue weighted by molar-refractivity contribution is -0.142. The Bertz CT molecular complexity index is 1050. The summed E-state index contributed by atoms with van der Waals surface area (Å²) in [5.41, 5.74) is 0.957. The van der Waals surface area contributed by atoms with E-state index in [1.165, 1.54) is 42.5 Å². The molecule has 0 unspecified atom stereocenters. The van der Waals surface area contributed by atoms with Crippen LogP contribution in [-0.2, 0) is 24.2 Å². The van der Waals surface area contributed by atoms with Gasteiger partial charge >= 0.3 is 11.9 Å². The normalized spacial score (nSPS) is 12.3. The van der Waals surface area contributed by atoms with Gasteiger partial charge in [-0.2, -0.15) is 0 Å². The van der Waals surface area contributed by atoms with Crippen molar-refractivity contribution in [3.8, 4) is 0 Å². The van der Waals surface area contributed by atoms with Crippen LogP contribution in [0.4, 0.5) is 0 Å². The number of esters is 1. The molecule has 0 aromatic heterocycles. The van der Waals surface area contributed by atoms with Gasteiger partial charge in [-0.15, -0.1) is 0 Å². The smallest absolute Gasteiger partial charge is 0.335 e. The standard InChI is InChI=1S/C20H18Cl2O6S/c1-3-28-20(25)17(11-18(23)24)19(13-8-14(21)10-15(22)9-13)12-4-6-16(7-5-12)29(2,26)27/h4-10H,3,11H2,1-2H3,(H,23,24)/b19-17-. The lowest BCUT2D eigenvalue weighted by atomic mass is 9.91. The first kappa shape index (κ1) is 22.9. The molecular formula is C20H18Cl2O6S. The summed E-state index contributed by atoms with van der Waals surface area (Å²) in [5.74, 6) is -2.03. The van der Waals surface area contributed by atoms with Gasteiger partial charge in [0.25, 0.3) is 0 Å². The van der Waals surface area contributed by atoms with E-state index < -0.39 is 28.2 Å².